The van der Waals surface area contributed by atoms with Gasteiger partial charge in [-0.15, -0.1) is 24.0 Å². The highest BCUT2D eigenvalue weighted by molar-refractivity contribution is 14.0. The van der Waals surface area contributed by atoms with Gasteiger partial charge in [-0.25, -0.2) is 0 Å². The first-order valence-corrected chi connectivity index (χ1v) is 11.1. The van der Waals surface area contributed by atoms with Gasteiger partial charge in [-0.3, -0.25) is 9.89 Å². The number of ether oxygens (including phenoxy) is 1. The van der Waals surface area contributed by atoms with Gasteiger partial charge in [0, 0.05) is 44.9 Å². The summed E-state index contributed by atoms with van der Waals surface area (Å²) in [6, 6.07) is 8.16. The number of nitrogens with one attached hydrogen (secondary N) is 2. The summed E-state index contributed by atoms with van der Waals surface area (Å²) in [5, 5.41) is 7.76. The molecule has 1 saturated heterocycles. The van der Waals surface area contributed by atoms with Gasteiger partial charge >= 0.3 is 0 Å². The number of hydrogen-bond acceptors (Lipinski definition) is 3. The van der Waals surface area contributed by atoms with E-state index in [9.17, 15) is 0 Å². The van der Waals surface area contributed by atoms with Gasteiger partial charge in [0.25, 0.3) is 0 Å². The molecule has 1 saturated carbocycles. The van der Waals surface area contributed by atoms with Crippen molar-refractivity contribution >= 4 is 41.5 Å². The Morgan fingerprint density at radius 3 is 2.59 bits per heavy atom. The van der Waals surface area contributed by atoms with Gasteiger partial charge in [-0.05, 0) is 68.7 Å². The van der Waals surface area contributed by atoms with Crippen LogP contribution in [0.5, 0.6) is 0 Å². The predicted molar refractivity (Wildman–Crippen MR) is 132 cm³/mol. The van der Waals surface area contributed by atoms with Crippen molar-refractivity contribution in [1.82, 2.24) is 15.5 Å². The minimum atomic E-state index is 0. The quantitative estimate of drug-likeness (QED) is 0.205. The van der Waals surface area contributed by atoms with Crippen LogP contribution in [0.2, 0.25) is 5.02 Å². The summed E-state index contributed by atoms with van der Waals surface area (Å²) in [6.07, 6.45) is 6.15. The van der Waals surface area contributed by atoms with Crippen LogP contribution >= 0.6 is 35.6 Å². The van der Waals surface area contributed by atoms with Crippen LogP contribution in [0.1, 0.15) is 37.7 Å². The number of aliphatic imine (C=N–C) groups is 1. The molecule has 1 aliphatic carbocycles. The average Bonchev–Trinajstić information content (AvgIpc) is 3.54. The normalized spacial score (nSPS) is 18.3. The summed E-state index contributed by atoms with van der Waals surface area (Å²) in [7, 11) is 1.84. The second-order valence-electron chi connectivity index (χ2n) is 8.06. The van der Waals surface area contributed by atoms with Crippen molar-refractivity contribution in [2.24, 2.45) is 16.8 Å². The Morgan fingerprint density at radius 2 is 1.90 bits per heavy atom. The summed E-state index contributed by atoms with van der Waals surface area (Å²) >= 11 is 6.29. The van der Waals surface area contributed by atoms with Crippen LogP contribution in [0.3, 0.4) is 0 Å². The summed E-state index contributed by atoms with van der Waals surface area (Å²) < 4.78 is 5.67. The van der Waals surface area contributed by atoms with Gasteiger partial charge < -0.3 is 15.4 Å². The topological polar surface area (TPSA) is 48.9 Å². The first-order chi connectivity index (χ1) is 13.7. The zero-order valence-electron chi connectivity index (χ0n) is 17.5. The molecule has 5 nitrogen and oxygen atoms in total. The predicted octanol–water partition coefficient (Wildman–Crippen LogP) is 4.15. The minimum absolute atomic E-state index is 0. The van der Waals surface area contributed by atoms with E-state index in [1.54, 1.807) is 0 Å². The van der Waals surface area contributed by atoms with Gasteiger partial charge in [0.2, 0.25) is 0 Å². The number of rotatable bonds is 10. The molecule has 7 heteroatoms. The van der Waals surface area contributed by atoms with Crippen molar-refractivity contribution in [1.29, 1.82) is 0 Å². The van der Waals surface area contributed by atoms with Gasteiger partial charge in [-0.2, -0.15) is 0 Å². The zero-order valence-corrected chi connectivity index (χ0v) is 20.6. The number of halogens is 2. The van der Waals surface area contributed by atoms with Crippen LogP contribution in [0.4, 0.5) is 0 Å². The molecule has 3 rings (SSSR count). The first kappa shape index (κ1) is 24.7. The second-order valence-corrected chi connectivity index (χ2v) is 8.47. The molecule has 2 aliphatic rings. The number of guanidine groups is 1. The molecule has 0 spiro atoms. The molecule has 29 heavy (non-hydrogen) atoms. The van der Waals surface area contributed by atoms with Crippen LogP contribution in [-0.4, -0.2) is 57.3 Å². The molecule has 1 heterocycles. The Balaban J connectivity index is 0.00000300. The van der Waals surface area contributed by atoms with Crippen LogP contribution < -0.4 is 10.6 Å². The van der Waals surface area contributed by atoms with E-state index in [4.69, 9.17) is 16.3 Å². The van der Waals surface area contributed by atoms with Crippen molar-refractivity contribution in [3.63, 3.8) is 0 Å². The average molecular weight is 535 g/mol. The number of likely N-dealkylation sites (tertiary alicyclic amines) is 1. The largest absolute Gasteiger partial charge is 0.381 e. The molecular formula is C22H36ClIN4O. The molecular weight excluding hydrogens is 499 g/mol. The van der Waals surface area contributed by atoms with Gasteiger partial charge in [0.15, 0.2) is 5.96 Å². The fourth-order valence-electron chi connectivity index (χ4n) is 3.59. The van der Waals surface area contributed by atoms with Crippen molar-refractivity contribution in [2.45, 2.75) is 38.6 Å². The maximum absolute atomic E-state index is 6.29. The lowest BCUT2D eigenvalue weighted by atomic mass is 9.96. The minimum Gasteiger partial charge on any atom is -0.381 e. The monoisotopic (exact) mass is 534 g/mol. The van der Waals surface area contributed by atoms with Crippen molar-refractivity contribution < 1.29 is 4.74 Å². The highest BCUT2D eigenvalue weighted by Gasteiger charge is 2.21. The van der Waals surface area contributed by atoms with E-state index in [0.29, 0.717) is 5.92 Å². The third-order valence-corrected chi connectivity index (χ3v) is 6.02. The lowest BCUT2D eigenvalue weighted by Gasteiger charge is -2.32. The Kier molecular flexibility index (Phi) is 11.6. The Hall–Kier alpha value is -0.570. The molecule has 1 aliphatic heterocycles. The first-order valence-electron chi connectivity index (χ1n) is 10.7. The SMILES string of the molecule is CN=C(NCCCOCC1CC1)NCC1CCN(Cc2ccccc2Cl)CC1.I. The standard InChI is InChI=1S/C22H35ClN4O.HI/c1-24-22(25-11-4-14-28-17-19-7-8-19)26-15-18-9-12-27(13-10-18)16-20-5-2-3-6-21(20)23;/h2-3,5-6,18-19H,4,7-17H2,1H3,(H2,24,25,26);1H. The summed E-state index contributed by atoms with van der Waals surface area (Å²) in [6.45, 7) is 6.88. The molecule has 2 fully saturated rings. The van der Waals surface area contributed by atoms with E-state index in [0.717, 1.165) is 69.3 Å². The fraction of sp³-hybridized carbons (Fsp3) is 0.682. The van der Waals surface area contributed by atoms with Gasteiger partial charge in [0.1, 0.15) is 0 Å². The molecule has 1 aromatic rings. The van der Waals surface area contributed by atoms with Crippen LogP contribution in [-0.2, 0) is 11.3 Å². The number of piperidine rings is 1. The van der Waals surface area contributed by atoms with E-state index in [1.807, 2.05) is 19.2 Å². The van der Waals surface area contributed by atoms with E-state index in [1.165, 1.54) is 31.2 Å². The lowest BCUT2D eigenvalue weighted by Crippen LogP contribution is -2.43. The van der Waals surface area contributed by atoms with Gasteiger partial charge in [-0.1, -0.05) is 29.8 Å². The second kappa shape index (κ2) is 13.7. The van der Waals surface area contributed by atoms with Gasteiger partial charge in [0.05, 0.1) is 0 Å². The number of benzene rings is 1. The summed E-state index contributed by atoms with van der Waals surface area (Å²) in [5.74, 6) is 2.45. The van der Waals surface area contributed by atoms with Crippen molar-refractivity contribution in [3.8, 4) is 0 Å². The molecule has 0 unspecified atom stereocenters. The van der Waals surface area contributed by atoms with Crippen LogP contribution in [0, 0.1) is 11.8 Å². The fourth-order valence-corrected chi connectivity index (χ4v) is 3.79. The Morgan fingerprint density at radius 1 is 1.14 bits per heavy atom. The molecule has 1 aromatic carbocycles. The molecule has 2 N–H and O–H groups in total. The molecule has 164 valence electrons. The highest BCUT2D eigenvalue weighted by Crippen LogP contribution is 2.28. The van der Waals surface area contributed by atoms with E-state index in [2.05, 4.69) is 32.7 Å². The number of hydrogen-bond donors (Lipinski definition) is 2. The molecule has 0 bridgehead atoms. The maximum atomic E-state index is 6.29. The third kappa shape index (κ3) is 9.40. The summed E-state index contributed by atoms with van der Waals surface area (Å²) in [4.78, 5) is 6.84. The number of nitrogens with zero attached hydrogens (tertiary/aromatic N) is 2. The van der Waals surface area contributed by atoms with E-state index < -0.39 is 0 Å². The van der Waals surface area contributed by atoms with E-state index >= 15 is 0 Å². The Bertz CT molecular complexity index is 619. The Labute approximate surface area is 198 Å². The highest BCUT2D eigenvalue weighted by atomic mass is 127. The molecule has 0 aromatic heterocycles. The maximum Gasteiger partial charge on any atom is 0.190 e. The molecule has 0 amide bonds. The molecule has 0 atom stereocenters. The lowest BCUT2D eigenvalue weighted by molar-refractivity contribution is 0.123. The van der Waals surface area contributed by atoms with Crippen molar-refractivity contribution in [2.75, 3.05) is 46.4 Å². The van der Waals surface area contributed by atoms with E-state index in [-0.39, 0.29) is 24.0 Å². The van der Waals surface area contributed by atoms with Crippen LogP contribution in [0.15, 0.2) is 29.3 Å². The smallest absolute Gasteiger partial charge is 0.190 e. The summed E-state index contributed by atoms with van der Waals surface area (Å²) in [5.41, 5.74) is 1.23. The molecule has 0 radical (unpaired) electrons. The third-order valence-electron chi connectivity index (χ3n) is 5.65. The zero-order chi connectivity index (χ0) is 19.6. The van der Waals surface area contributed by atoms with Crippen LogP contribution in [0.25, 0.3) is 0 Å². The van der Waals surface area contributed by atoms with Crippen molar-refractivity contribution in [3.05, 3.63) is 34.9 Å².